The van der Waals surface area contributed by atoms with Gasteiger partial charge < -0.3 is 10.2 Å². The molecule has 1 heterocycles. The zero-order chi connectivity index (χ0) is 15.4. The Labute approximate surface area is 131 Å². The highest BCUT2D eigenvalue weighted by Crippen LogP contribution is 2.20. The summed E-state index contributed by atoms with van der Waals surface area (Å²) < 4.78 is 0. The number of rotatable bonds is 3. The van der Waals surface area contributed by atoms with E-state index in [1.165, 1.54) is 11.1 Å². The van der Waals surface area contributed by atoms with Crippen molar-refractivity contribution >= 4 is 17.7 Å². The Hall–Kier alpha value is -2.39. The minimum absolute atomic E-state index is 0.110. The standard InChI is InChI=1S/C19H20N2O/c1-21-12-11-16-9-7-15(13-17(16)14-21)8-10-19(22)20-18-5-3-2-4-6-18/h2-10,13H,11-12,14H2,1H3,(H,20,22)/b10-8+. The molecule has 0 fully saturated rings. The normalized spacial score (nSPS) is 14.8. The molecule has 1 aliphatic rings. The fourth-order valence-corrected chi connectivity index (χ4v) is 2.70. The van der Waals surface area contributed by atoms with Gasteiger partial charge in [-0.05, 0) is 48.4 Å². The molecule has 112 valence electrons. The van der Waals surface area contributed by atoms with Crippen LogP contribution >= 0.6 is 0 Å². The van der Waals surface area contributed by atoms with Gasteiger partial charge in [-0.3, -0.25) is 4.79 Å². The molecule has 0 bridgehead atoms. The van der Waals surface area contributed by atoms with Crippen molar-refractivity contribution < 1.29 is 4.79 Å². The lowest BCUT2D eigenvalue weighted by Gasteiger charge is -2.25. The number of fused-ring (bicyclic) bond motifs is 1. The van der Waals surface area contributed by atoms with E-state index in [-0.39, 0.29) is 5.91 Å². The van der Waals surface area contributed by atoms with Gasteiger partial charge in [-0.25, -0.2) is 0 Å². The second-order valence-corrected chi connectivity index (χ2v) is 5.70. The quantitative estimate of drug-likeness (QED) is 0.880. The van der Waals surface area contributed by atoms with Gasteiger partial charge in [0.25, 0.3) is 0 Å². The van der Waals surface area contributed by atoms with Crippen LogP contribution < -0.4 is 5.32 Å². The first-order chi connectivity index (χ1) is 10.7. The van der Waals surface area contributed by atoms with Crippen molar-refractivity contribution in [3.63, 3.8) is 0 Å². The molecule has 0 saturated carbocycles. The van der Waals surface area contributed by atoms with Crippen molar-refractivity contribution in [1.29, 1.82) is 0 Å². The van der Waals surface area contributed by atoms with Crippen LogP contribution in [0, 0.1) is 0 Å². The zero-order valence-corrected chi connectivity index (χ0v) is 12.8. The van der Waals surface area contributed by atoms with Crippen LogP contribution in [-0.4, -0.2) is 24.4 Å². The van der Waals surface area contributed by atoms with Crippen LogP contribution in [0.5, 0.6) is 0 Å². The third-order valence-electron chi connectivity index (χ3n) is 3.90. The fraction of sp³-hybridized carbons (Fsp3) is 0.211. The molecule has 22 heavy (non-hydrogen) atoms. The first kappa shape index (κ1) is 14.5. The highest BCUT2D eigenvalue weighted by Gasteiger charge is 2.12. The Morgan fingerprint density at radius 2 is 1.95 bits per heavy atom. The van der Waals surface area contributed by atoms with E-state index in [0.29, 0.717) is 0 Å². The molecule has 0 unspecified atom stereocenters. The highest BCUT2D eigenvalue weighted by molar-refractivity contribution is 6.01. The number of nitrogens with zero attached hydrogens (tertiary/aromatic N) is 1. The van der Waals surface area contributed by atoms with Crippen LogP contribution in [0.2, 0.25) is 0 Å². The Kier molecular flexibility index (Phi) is 4.35. The largest absolute Gasteiger partial charge is 0.323 e. The average Bonchev–Trinajstić information content (AvgIpc) is 2.53. The number of carbonyl (C=O) groups is 1. The molecule has 3 nitrogen and oxygen atoms in total. The molecule has 2 aromatic rings. The van der Waals surface area contributed by atoms with Crippen LogP contribution in [0.4, 0.5) is 5.69 Å². The zero-order valence-electron chi connectivity index (χ0n) is 12.8. The van der Waals surface area contributed by atoms with Gasteiger partial charge >= 0.3 is 0 Å². The van der Waals surface area contributed by atoms with Crippen molar-refractivity contribution in [2.45, 2.75) is 13.0 Å². The summed E-state index contributed by atoms with van der Waals surface area (Å²) in [6.07, 6.45) is 4.55. The number of nitrogens with one attached hydrogen (secondary N) is 1. The molecule has 2 aromatic carbocycles. The molecule has 0 aromatic heterocycles. The van der Waals surface area contributed by atoms with Crippen molar-refractivity contribution in [1.82, 2.24) is 4.90 Å². The van der Waals surface area contributed by atoms with Crippen LogP contribution in [0.1, 0.15) is 16.7 Å². The number of hydrogen-bond donors (Lipinski definition) is 1. The second kappa shape index (κ2) is 6.58. The van der Waals surface area contributed by atoms with Gasteiger partial charge in [0.1, 0.15) is 0 Å². The van der Waals surface area contributed by atoms with E-state index in [4.69, 9.17) is 0 Å². The van der Waals surface area contributed by atoms with Gasteiger partial charge in [0.15, 0.2) is 0 Å². The molecular formula is C19H20N2O. The molecule has 3 rings (SSSR count). The van der Waals surface area contributed by atoms with Crippen molar-refractivity contribution in [3.8, 4) is 0 Å². The van der Waals surface area contributed by atoms with Gasteiger partial charge in [-0.2, -0.15) is 0 Å². The van der Waals surface area contributed by atoms with E-state index < -0.39 is 0 Å². The van der Waals surface area contributed by atoms with Gasteiger partial charge in [-0.1, -0.05) is 36.4 Å². The van der Waals surface area contributed by atoms with E-state index in [0.717, 1.165) is 30.8 Å². The fourth-order valence-electron chi connectivity index (χ4n) is 2.70. The molecule has 1 amide bonds. The molecule has 1 aliphatic heterocycles. The monoisotopic (exact) mass is 292 g/mol. The minimum atomic E-state index is -0.110. The number of benzene rings is 2. The summed E-state index contributed by atoms with van der Waals surface area (Å²) in [4.78, 5) is 14.2. The van der Waals surface area contributed by atoms with Gasteiger partial charge in [0.05, 0.1) is 0 Å². The molecule has 0 atom stereocenters. The molecule has 0 spiro atoms. The maximum Gasteiger partial charge on any atom is 0.248 e. The van der Waals surface area contributed by atoms with Gasteiger partial charge in [0.2, 0.25) is 5.91 Å². The first-order valence-corrected chi connectivity index (χ1v) is 7.55. The van der Waals surface area contributed by atoms with Crippen molar-refractivity contribution in [2.75, 3.05) is 18.9 Å². The Bertz CT molecular complexity index is 692. The lowest BCUT2D eigenvalue weighted by atomic mass is 9.97. The predicted octanol–water partition coefficient (Wildman–Crippen LogP) is 3.33. The van der Waals surface area contributed by atoms with E-state index in [2.05, 4.69) is 35.5 Å². The first-order valence-electron chi connectivity index (χ1n) is 7.55. The molecule has 0 saturated heterocycles. The van der Waals surface area contributed by atoms with Crippen LogP contribution in [0.25, 0.3) is 6.08 Å². The summed E-state index contributed by atoms with van der Waals surface area (Å²) in [7, 11) is 2.14. The van der Waals surface area contributed by atoms with Crippen LogP contribution in [0.15, 0.2) is 54.6 Å². The third kappa shape index (κ3) is 3.62. The number of para-hydroxylation sites is 1. The number of amides is 1. The maximum atomic E-state index is 11.9. The summed E-state index contributed by atoms with van der Waals surface area (Å²) in [5.41, 5.74) is 4.66. The summed E-state index contributed by atoms with van der Waals surface area (Å²) >= 11 is 0. The van der Waals surface area contributed by atoms with Crippen molar-refractivity contribution in [2.24, 2.45) is 0 Å². The number of likely N-dealkylation sites (N-methyl/N-ethyl adjacent to an activating group) is 1. The van der Waals surface area contributed by atoms with Gasteiger partial charge in [-0.15, -0.1) is 0 Å². The molecule has 0 aliphatic carbocycles. The summed E-state index contributed by atoms with van der Waals surface area (Å²) in [5, 5.41) is 2.85. The summed E-state index contributed by atoms with van der Waals surface area (Å²) in [6, 6.07) is 15.9. The average molecular weight is 292 g/mol. The number of hydrogen-bond acceptors (Lipinski definition) is 2. The SMILES string of the molecule is CN1CCc2ccc(/C=C/C(=O)Nc3ccccc3)cc2C1. The lowest BCUT2D eigenvalue weighted by Crippen LogP contribution is -2.26. The van der Waals surface area contributed by atoms with Crippen LogP contribution in [0.3, 0.4) is 0 Å². The Balaban J connectivity index is 1.67. The smallest absolute Gasteiger partial charge is 0.248 e. The summed E-state index contributed by atoms with van der Waals surface area (Å²) in [6.45, 7) is 2.09. The third-order valence-corrected chi connectivity index (χ3v) is 3.90. The van der Waals surface area contributed by atoms with Gasteiger partial charge in [0, 0.05) is 24.9 Å². The number of anilines is 1. The van der Waals surface area contributed by atoms with E-state index in [1.807, 2.05) is 36.4 Å². The van der Waals surface area contributed by atoms with E-state index in [9.17, 15) is 4.79 Å². The summed E-state index contributed by atoms with van der Waals surface area (Å²) in [5.74, 6) is -0.110. The maximum absolute atomic E-state index is 11.9. The topological polar surface area (TPSA) is 32.3 Å². The predicted molar refractivity (Wildman–Crippen MR) is 90.6 cm³/mol. The van der Waals surface area contributed by atoms with E-state index >= 15 is 0 Å². The van der Waals surface area contributed by atoms with E-state index in [1.54, 1.807) is 6.08 Å². The minimum Gasteiger partial charge on any atom is -0.323 e. The molecule has 3 heteroatoms. The molecular weight excluding hydrogens is 272 g/mol. The van der Waals surface area contributed by atoms with Crippen molar-refractivity contribution in [3.05, 3.63) is 71.3 Å². The molecule has 0 radical (unpaired) electrons. The number of carbonyl (C=O) groups excluding carboxylic acids is 1. The van der Waals surface area contributed by atoms with Crippen LogP contribution in [-0.2, 0) is 17.8 Å². The Morgan fingerprint density at radius 1 is 1.14 bits per heavy atom. The Morgan fingerprint density at radius 3 is 2.77 bits per heavy atom. The highest BCUT2D eigenvalue weighted by atomic mass is 16.1. The second-order valence-electron chi connectivity index (χ2n) is 5.70. The lowest BCUT2D eigenvalue weighted by molar-refractivity contribution is -0.111. The molecule has 1 N–H and O–H groups in total.